The van der Waals surface area contributed by atoms with E-state index in [4.69, 9.17) is 11.6 Å². The quantitative estimate of drug-likeness (QED) is 0.522. The van der Waals surface area contributed by atoms with Crippen LogP contribution in [0.3, 0.4) is 0 Å². The van der Waals surface area contributed by atoms with Gasteiger partial charge in [-0.2, -0.15) is 9.98 Å². The van der Waals surface area contributed by atoms with Crippen molar-refractivity contribution in [1.29, 1.82) is 0 Å². The third kappa shape index (κ3) is 1.56. The molecule has 0 fully saturated rings. The third-order valence-corrected chi connectivity index (χ3v) is 3.40. The summed E-state index contributed by atoms with van der Waals surface area (Å²) in [5.74, 6) is 0. The van der Waals surface area contributed by atoms with Gasteiger partial charge in [0.1, 0.15) is 11.4 Å². The Balaban J connectivity index is 2.34. The second-order valence-electron chi connectivity index (χ2n) is 3.93. The first-order valence-corrected chi connectivity index (χ1v) is 5.77. The fourth-order valence-corrected chi connectivity index (χ4v) is 2.60. The molecule has 0 saturated carbocycles. The van der Waals surface area contributed by atoms with Crippen molar-refractivity contribution < 1.29 is 9.59 Å². The van der Waals surface area contributed by atoms with Crippen LogP contribution in [0, 0.1) is 0 Å². The van der Waals surface area contributed by atoms with Gasteiger partial charge in [0.15, 0.2) is 0 Å². The van der Waals surface area contributed by atoms with Crippen molar-refractivity contribution >= 4 is 35.1 Å². The zero-order valence-corrected chi connectivity index (χ0v) is 10.2. The zero-order chi connectivity index (χ0) is 13.4. The van der Waals surface area contributed by atoms with E-state index >= 15 is 0 Å². The van der Waals surface area contributed by atoms with E-state index in [-0.39, 0.29) is 11.4 Å². The molecule has 1 aliphatic carbocycles. The van der Waals surface area contributed by atoms with Crippen molar-refractivity contribution in [3.05, 3.63) is 35.4 Å². The molecule has 0 saturated heterocycles. The Morgan fingerprint density at radius 1 is 0.947 bits per heavy atom. The highest BCUT2D eigenvalue weighted by Crippen LogP contribution is 2.55. The number of nitrogens with zero attached hydrogens (tertiary/aromatic N) is 2. The Labute approximate surface area is 113 Å². The lowest BCUT2D eigenvalue weighted by Crippen LogP contribution is -1.99. The van der Waals surface area contributed by atoms with Crippen molar-refractivity contribution in [2.24, 2.45) is 9.98 Å². The van der Waals surface area contributed by atoms with E-state index in [0.717, 1.165) is 22.3 Å². The summed E-state index contributed by atoms with van der Waals surface area (Å²) in [5, 5.41) is 0.300. The van der Waals surface area contributed by atoms with Gasteiger partial charge in [0.25, 0.3) is 0 Å². The van der Waals surface area contributed by atoms with Gasteiger partial charge in [-0.3, -0.25) is 0 Å². The van der Waals surface area contributed by atoms with Crippen LogP contribution in [-0.2, 0) is 9.59 Å². The minimum Gasteiger partial charge on any atom is -0.211 e. The molecule has 0 N–H and O–H groups in total. The first-order chi connectivity index (χ1) is 9.27. The fourth-order valence-electron chi connectivity index (χ4n) is 2.26. The molecular weight excluding hydrogens is 264 g/mol. The van der Waals surface area contributed by atoms with E-state index in [0.29, 0.717) is 5.02 Å². The van der Waals surface area contributed by atoms with Gasteiger partial charge in [-0.15, -0.1) is 0 Å². The lowest BCUT2D eigenvalue weighted by molar-refractivity contribution is 0.564. The minimum atomic E-state index is 0.147. The zero-order valence-electron chi connectivity index (χ0n) is 9.48. The molecule has 0 heterocycles. The highest BCUT2D eigenvalue weighted by Gasteiger charge is 2.28. The summed E-state index contributed by atoms with van der Waals surface area (Å²) >= 11 is 6.23. The molecule has 0 atom stereocenters. The summed E-state index contributed by atoms with van der Waals surface area (Å²) < 4.78 is 0. The van der Waals surface area contributed by atoms with E-state index in [2.05, 4.69) is 9.98 Å². The minimum absolute atomic E-state index is 0.147. The van der Waals surface area contributed by atoms with Crippen molar-refractivity contribution in [3.8, 4) is 22.3 Å². The Bertz CT molecular complexity index is 801. The smallest absolute Gasteiger partial charge is 0.211 e. The number of halogens is 1. The first-order valence-electron chi connectivity index (χ1n) is 5.40. The number of hydrogen-bond donors (Lipinski definition) is 0. The van der Waals surface area contributed by atoms with Gasteiger partial charge in [-0.05, 0) is 22.8 Å². The summed E-state index contributed by atoms with van der Waals surface area (Å²) in [6.07, 6.45) is 2.85. The maximum Gasteiger partial charge on any atom is 0.240 e. The molecule has 0 aliphatic heterocycles. The molecule has 4 nitrogen and oxygen atoms in total. The molecule has 0 amide bonds. The molecule has 0 spiro atoms. The summed E-state index contributed by atoms with van der Waals surface area (Å²) in [6, 6.07) is 9.37. The van der Waals surface area contributed by atoms with Gasteiger partial charge in [0.05, 0.1) is 5.02 Å². The average molecular weight is 269 g/mol. The van der Waals surface area contributed by atoms with Crippen LogP contribution in [0.5, 0.6) is 0 Å². The molecule has 3 rings (SSSR count). The third-order valence-electron chi connectivity index (χ3n) is 3.03. The van der Waals surface area contributed by atoms with Gasteiger partial charge < -0.3 is 0 Å². The van der Waals surface area contributed by atoms with E-state index in [1.807, 2.05) is 24.3 Å². The number of carbonyl (C=O) groups excluding carboxylic acids is 2. The first kappa shape index (κ1) is 11.6. The molecule has 1 aliphatic rings. The van der Waals surface area contributed by atoms with Crippen LogP contribution in [0.15, 0.2) is 40.3 Å². The fraction of sp³-hybridized carbons (Fsp3) is 0. The normalized spacial score (nSPS) is 10.4. The molecule has 2 aromatic rings. The molecular formula is C14H5ClN2O2. The summed E-state index contributed by atoms with van der Waals surface area (Å²) in [5.41, 5.74) is 4.09. The van der Waals surface area contributed by atoms with Crippen molar-refractivity contribution in [2.45, 2.75) is 0 Å². The van der Waals surface area contributed by atoms with Crippen molar-refractivity contribution in [1.82, 2.24) is 0 Å². The SMILES string of the molecule is O=C=Nc1cc2c(c(Cl)c1N=C=O)-c1ccccc1-2. The van der Waals surface area contributed by atoms with E-state index in [9.17, 15) is 9.59 Å². The second kappa shape index (κ2) is 4.30. The molecule has 0 radical (unpaired) electrons. The van der Waals surface area contributed by atoms with Gasteiger partial charge in [-0.1, -0.05) is 35.9 Å². The van der Waals surface area contributed by atoms with Gasteiger partial charge >= 0.3 is 0 Å². The number of hydrogen-bond acceptors (Lipinski definition) is 4. The van der Waals surface area contributed by atoms with Crippen molar-refractivity contribution in [3.63, 3.8) is 0 Å². The predicted molar refractivity (Wildman–Crippen MR) is 71.4 cm³/mol. The molecule has 0 bridgehead atoms. The van der Waals surface area contributed by atoms with Gasteiger partial charge in [0.2, 0.25) is 12.2 Å². The molecule has 90 valence electrons. The molecule has 2 aromatic carbocycles. The number of aliphatic imine (C=N–C) groups is 2. The van der Waals surface area contributed by atoms with Crippen LogP contribution in [-0.4, -0.2) is 12.2 Å². The lowest BCUT2D eigenvalue weighted by Gasteiger charge is -2.25. The highest BCUT2D eigenvalue weighted by molar-refractivity contribution is 6.39. The summed E-state index contributed by atoms with van der Waals surface area (Å²) in [7, 11) is 0. The predicted octanol–water partition coefficient (Wildman–Crippen LogP) is 3.92. The number of isocyanates is 2. The Kier molecular flexibility index (Phi) is 2.62. The average Bonchev–Trinajstić information content (AvgIpc) is 2.40. The summed E-state index contributed by atoms with van der Waals surface area (Å²) in [6.45, 7) is 0. The van der Waals surface area contributed by atoms with Crippen LogP contribution in [0.4, 0.5) is 11.4 Å². The number of fused-ring (bicyclic) bond motifs is 4. The van der Waals surface area contributed by atoms with Crippen LogP contribution < -0.4 is 0 Å². The molecule has 5 heteroatoms. The van der Waals surface area contributed by atoms with Gasteiger partial charge in [0, 0.05) is 5.56 Å². The maximum absolute atomic E-state index is 10.5. The highest BCUT2D eigenvalue weighted by atomic mass is 35.5. The topological polar surface area (TPSA) is 58.9 Å². The monoisotopic (exact) mass is 268 g/mol. The molecule has 19 heavy (non-hydrogen) atoms. The van der Waals surface area contributed by atoms with Crippen LogP contribution in [0.2, 0.25) is 5.02 Å². The maximum atomic E-state index is 10.5. The van der Waals surface area contributed by atoms with E-state index in [1.54, 1.807) is 6.07 Å². The Hall–Kier alpha value is -2.51. The molecule has 0 unspecified atom stereocenters. The Morgan fingerprint density at radius 3 is 2.32 bits per heavy atom. The van der Waals surface area contributed by atoms with E-state index in [1.165, 1.54) is 12.2 Å². The van der Waals surface area contributed by atoms with Gasteiger partial charge in [-0.25, -0.2) is 9.59 Å². The second-order valence-corrected chi connectivity index (χ2v) is 4.31. The Morgan fingerprint density at radius 2 is 1.63 bits per heavy atom. The van der Waals surface area contributed by atoms with E-state index < -0.39 is 0 Å². The van der Waals surface area contributed by atoms with Crippen LogP contribution in [0.25, 0.3) is 22.3 Å². The standard InChI is InChI=1S/C14H5ClN2O2/c15-13-12-9-4-2-1-3-8(9)10(12)5-11(16-6-18)14(13)17-7-19/h1-5H. The lowest BCUT2D eigenvalue weighted by atomic mass is 9.80. The summed E-state index contributed by atoms with van der Waals surface area (Å²) in [4.78, 5) is 27.9. The largest absolute Gasteiger partial charge is 0.240 e. The number of rotatable bonds is 2. The van der Waals surface area contributed by atoms with Crippen LogP contribution in [0.1, 0.15) is 0 Å². The van der Waals surface area contributed by atoms with Crippen LogP contribution >= 0.6 is 11.6 Å². The van der Waals surface area contributed by atoms with Crippen molar-refractivity contribution in [2.75, 3.05) is 0 Å². The molecule has 0 aromatic heterocycles. The number of benzene rings is 2.